The van der Waals surface area contributed by atoms with Gasteiger partial charge in [0.05, 0.1) is 6.10 Å². The van der Waals surface area contributed by atoms with Gasteiger partial charge in [-0.15, -0.1) is 0 Å². The van der Waals surface area contributed by atoms with Crippen LogP contribution in [0.25, 0.3) is 0 Å². The molecule has 1 rings (SSSR count). The van der Waals surface area contributed by atoms with Crippen LogP contribution in [0.1, 0.15) is 32.6 Å². The summed E-state index contributed by atoms with van der Waals surface area (Å²) in [6, 6.07) is 0.668. The van der Waals surface area contributed by atoms with Gasteiger partial charge in [-0.2, -0.15) is 0 Å². The summed E-state index contributed by atoms with van der Waals surface area (Å²) in [4.78, 5) is 2.44. The molecule has 0 saturated heterocycles. The molecule has 0 aromatic rings. The third-order valence-electron chi connectivity index (χ3n) is 3.69. The highest BCUT2D eigenvalue weighted by atomic mass is 16.5. The zero-order valence-electron chi connectivity index (χ0n) is 10.4. The minimum atomic E-state index is 0.315. The maximum Gasteiger partial charge on any atom is 0.0670 e. The highest BCUT2D eigenvalue weighted by molar-refractivity contribution is 4.83. The number of hydrogen-bond acceptors (Lipinski definition) is 3. The molecule has 1 aliphatic rings. The van der Waals surface area contributed by atoms with Gasteiger partial charge in [0.15, 0.2) is 0 Å². The van der Waals surface area contributed by atoms with Gasteiger partial charge in [-0.25, -0.2) is 0 Å². The number of hydrogen-bond donors (Lipinski definition) is 1. The average Bonchev–Trinajstić information content (AvgIpc) is 2.28. The van der Waals surface area contributed by atoms with Crippen LogP contribution in [0, 0.1) is 5.92 Å². The Hall–Kier alpha value is -0.120. The van der Waals surface area contributed by atoms with Gasteiger partial charge in [-0.1, -0.05) is 12.8 Å². The van der Waals surface area contributed by atoms with Crippen LogP contribution in [0.2, 0.25) is 0 Å². The van der Waals surface area contributed by atoms with Gasteiger partial charge >= 0.3 is 0 Å². The summed E-state index contributed by atoms with van der Waals surface area (Å²) in [5.41, 5.74) is 5.84. The van der Waals surface area contributed by atoms with Gasteiger partial charge < -0.3 is 15.4 Å². The van der Waals surface area contributed by atoms with Gasteiger partial charge in [0.25, 0.3) is 0 Å². The Balaban J connectivity index is 2.44. The second-order valence-corrected chi connectivity index (χ2v) is 4.83. The second-order valence-electron chi connectivity index (χ2n) is 4.83. The molecule has 0 aromatic heterocycles. The van der Waals surface area contributed by atoms with Crippen LogP contribution in [0.4, 0.5) is 0 Å². The maximum absolute atomic E-state index is 5.84. The van der Waals surface area contributed by atoms with Crippen molar-refractivity contribution in [1.29, 1.82) is 0 Å². The Bertz CT molecular complexity index is 175. The fourth-order valence-corrected chi connectivity index (χ4v) is 2.66. The second kappa shape index (κ2) is 6.46. The topological polar surface area (TPSA) is 38.5 Å². The first-order valence-corrected chi connectivity index (χ1v) is 6.12. The van der Waals surface area contributed by atoms with Crippen LogP contribution in [0.5, 0.6) is 0 Å². The van der Waals surface area contributed by atoms with Crippen molar-refractivity contribution in [3.8, 4) is 0 Å². The molecule has 0 aromatic carbocycles. The van der Waals surface area contributed by atoms with Crippen molar-refractivity contribution in [2.24, 2.45) is 11.7 Å². The van der Waals surface area contributed by atoms with Gasteiger partial charge in [-0.3, -0.25) is 0 Å². The minimum absolute atomic E-state index is 0.315. The van der Waals surface area contributed by atoms with Crippen molar-refractivity contribution < 1.29 is 4.74 Å². The molecule has 1 fully saturated rings. The van der Waals surface area contributed by atoms with E-state index in [9.17, 15) is 0 Å². The summed E-state index contributed by atoms with van der Waals surface area (Å²) in [5, 5.41) is 0. The fourth-order valence-electron chi connectivity index (χ4n) is 2.66. The molecule has 1 aliphatic carbocycles. The van der Waals surface area contributed by atoms with E-state index in [-0.39, 0.29) is 0 Å². The number of methoxy groups -OCH3 is 1. The van der Waals surface area contributed by atoms with Crippen LogP contribution < -0.4 is 5.73 Å². The Morgan fingerprint density at radius 2 is 2.07 bits per heavy atom. The highest BCUT2D eigenvalue weighted by Crippen LogP contribution is 2.27. The van der Waals surface area contributed by atoms with E-state index in [0.717, 1.165) is 13.1 Å². The minimum Gasteiger partial charge on any atom is -0.380 e. The standard InChI is InChI=1S/C12H26N2O/c1-10(15-3)9-14(2)12-7-5-4-6-11(12)8-13/h10-12H,4-9,13H2,1-3H3. The van der Waals surface area contributed by atoms with E-state index in [0.29, 0.717) is 18.1 Å². The molecule has 1 saturated carbocycles. The van der Waals surface area contributed by atoms with Crippen LogP contribution >= 0.6 is 0 Å². The van der Waals surface area contributed by atoms with Crippen LogP contribution in [-0.2, 0) is 4.74 Å². The molecule has 90 valence electrons. The fraction of sp³-hybridized carbons (Fsp3) is 1.00. The molecule has 0 heterocycles. The molecule has 3 heteroatoms. The molecular formula is C12H26N2O. The SMILES string of the molecule is COC(C)CN(C)C1CCCCC1CN. The van der Waals surface area contributed by atoms with Crippen molar-refractivity contribution >= 4 is 0 Å². The summed E-state index contributed by atoms with van der Waals surface area (Å²) in [5.74, 6) is 0.688. The molecule has 15 heavy (non-hydrogen) atoms. The lowest BCUT2D eigenvalue weighted by molar-refractivity contribution is 0.0489. The van der Waals surface area contributed by atoms with Gasteiger partial charge in [0.2, 0.25) is 0 Å². The van der Waals surface area contributed by atoms with Crippen molar-refractivity contribution in [3.63, 3.8) is 0 Å². The third-order valence-corrected chi connectivity index (χ3v) is 3.69. The first-order valence-electron chi connectivity index (χ1n) is 6.12. The van der Waals surface area contributed by atoms with Gasteiger partial charge in [0, 0.05) is 19.7 Å². The molecule has 0 bridgehead atoms. The number of nitrogens with two attached hydrogens (primary N) is 1. The van der Waals surface area contributed by atoms with Crippen LogP contribution in [0.15, 0.2) is 0 Å². The lowest BCUT2D eigenvalue weighted by atomic mass is 9.83. The predicted octanol–water partition coefficient (Wildman–Crippen LogP) is 1.47. The summed E-state index contributed by atoms with van der Waals surface area (Å²) < 4.78 is 5.31. The normalized spacial score (nSPS) is 29.4. The molecule has 0 aliphatic heterocycles. The maximum atomic E-state index is 5.84. The molecule has 2 N–H and O–H groups in total. The number of nitrogens with zero attached hydrogens (tertiary/aromatic N) is 1. The Labute approximate surface area is 94.0 Å². The third kappa shape index (κ3) is 3.74. The summed E-state index contributed by atoms with van der Waals surface area (Å²) in [7, 11) is 3.98. The molecule has 0 spiro atoms. The molecule has 3 unspecified atom stereocenters. The summed E-state index contributed by atoms with van der Waals surface area (Å²) in [6.45, 7) is 3.96. The van der Waals surface area contributed by atoms with E-state index in [4.69, 9.17) is 10.5 Å². The van der Waals surface area contributed by atoms with E-state index in [1.165, 1.54) is 25.7 Å². The van der Waals surface area contributed by atoms with Crippen LogP contribution in [0.3, 0.4) is 0 Å². The monoisotopic (exact) mass is 214 g/mol. The molecular weight excluding hydrogens is 188 g/mol. The largest absolute Gasteiger partial charge is 0.380 e. The lowest BCUT2D eigenvalue weighted by Crippen LogP contribution is -2.45. The average molecular weight is 214 g/mol. The molecule has 3 nitrogen and oxygen atoms in total. The lowest BCUT2D eigenvalue weighted by Gasteiger charge is -2.38. The molecule has 0 radical (unpaired) electrons. The smallest absolute Gasteiger partial charge is 0.0670 e. The van der Waals surface area contributed by atoms with E-state index >= 15 is 0 Å². The van der Waals surface area contributed by atoms with Crippen molar-refractivity contribution in [2.45, 2.75) is 44.8 Å². The van der Waals surface area contributed by atoms with E-state index in [2.05, 4.69) is 18.9 Å². The quantitative estimate of drug-likeness (QED) is 0.753. The first kappa shape index (κ1) is 12.9. The van der Waals surface area contributed by atoms with Crippen molar-refractivity contribution in [1.82, 2.24) is 4.90 Å². The number of rotatable bonds is 5. The Morgan fingerprint density at radius 3 is 2.67 bits per heavy atom. The number of ether oxygens (including phenoxy) is 1. The highest BCUT2D eigenvalue weighted by Gasteiger charge is 2.27. The van der Waals surface area contributed by atoms with Crippen molar-refractivity contribution in [3.05, 3.63) is 0 Å². The van der Waals surface area contributed by atoms with Crippen molar-refractivity contribution in [2.75, 3.05) is 27.2 Å². The van der Waals surface area contributed by atoms with E-state index in [1.807, 2.05) is 0 Å². The molecule has 0 amide bonds. The summed E-state index contributed by atoms with van der Waals surface area (Å²) >= 11 is 0. The zero-order chi connectivity index (χ0) is 11.3. The van der Waals surface area contributed by atoms with Crippen LogP contribution in [-0.4, -0.2) is 44.3 Å². The van der Waals surface area contributed by atoms with Gasteiger partial charge in [-0.05, 0) is 39.3 Å². The zero-order valence-corrected chi connectivity index (χ0v) is 10.4. The predicted molar refractivity (Wildman–Crippen MR) is 63.9 cm³/mol. The van der Waals surface area contributed by atoms with E-state index in [1.54, 1.807) is 7.11 Å². The molecule has 3 atom stereocenters. The first-order chi connectivity index (χ1) is 7.19. The van der Waals surface area contributed by atoms with Gasteiger partial charge in [0.1, 0.15) is 0 Å². The Morgan fingerprint density at radius 1 is 1.40 bits per heavy atom. The van der Waals surface area contributed by atoms with E-state index < -0.39 is 0 Å². The number of likely N-dealkylation sites (N-methyl/N-ethyl adjacent to an activating group) is 1. The Kier molecular flexibility index (Phi) is 5.58. The summed E-state index contributed by atoms with van der Waals surface area (Å²) in [6.07, 6.45) is 5.62.